The highest BCUT2D eigenvalue weighted by molar-refractivity contribution is 5.76. The number of amides is 1. The summed E-state index contributed by atoms with van der Waals surface area (Å²) in [6.07, 6.45) is 4.21. The standard InChI is InChI=1S/C11H22N2O2/c1-11(15)6-8-13(9-11)10(14)5-3-2-4-7-12/h15H,2-9,12H2,1H3. The van der Waals surface area contributed by atoms with E-state index in [4.69, 9.17) is 5.73 Å². The molecule has 15 heavy (non-hydrogen) atoms. The van der Waals surface area contributed by atoms with Crippen molar-refractivity contribution in [2.75, 3.05) is 19.6 Å². The van der Waals surface area contributed by atoms with Crippen molar-refractivity contribution in [2.45, 2.75) is 44.6 Å². The van der Waals surface area contributed by atoms with Crippen LogP contribution in [0.4, 0.5) is 0 Å². The van der Waals surface area contributed by atoms with Crippen molar-refractivity contribution in [2.24, 2.45) is 5.73 Å². The van der Waals surface area contributed by atoms with Crippen LogP contribution in [-0.4, -0.2) is 41.1 Å². The highest BCUT2D eigenvalue weighted by Gasteiger charge is 2.33. The first kappa shape index (κ1) is 12.5. The van der Waals surface area contributed by atoms with Crippen LogP contribution in [0.5, 0.6) is 0 Å². The van der Waals surface area contributed by atoms with Crippen LogP contribution in [0.15, 0.2) is 0 Å². The van der Waals surface area contributed by atoms with Gasteiger partial charge in [0.25, 0.3) is 0 Å². The van der Waals surface area contributed by atoms with Crippen LogP contribution in [-0.2, 0) is 4.79 Å². The van der Waals surface area contributed by atoms with Gasteiger partial charge in [-0.3, -0.25) is 4.79 Å². The number of aliphatic hydroxyl groups is 1. The van der Waals surface area contributed by atoms with Crippen molar-refractivity contribution in [1.29, 1.82) is 0 Å². The first-order valence-corrected chi connectivity index (χ1v) is 5.75. The Kier molecular flexibility index (Phi) is 4.54. The van der Waals surface area contributed by atoms with Gasteiger partial charge in [-0.2, -0.15) is 0 Å². The lowest BCUT2D eigenvalue weighted by atomic mass is 10.1. The fourth-order valence-corrected chi connectivity index (χ4v) is 1.91. The van der Waals surface area contributed by atoms with E-state index in [0.717, 1.165) is 19.3 Å². The monoisotopic (exact) mass is 214 g/mol. The molecule has 0 aromatic heterocycles. The third kappa shape index (κ3) is 4.18. The molecule has 1 saturated heterocycles. The van der Waals surface area contributed by atoms with Gasteiger partial charge in [0, 0.05) is 19.5 Å². The van der Waals surface area contributed by atoms with Crippen LogP contribution in [0.2, 0.25) is 0 Å². The zero-order valence-electron chi connectivity index (χ0n) is 9.54. The molecule has 0 aliphatic carbocycles. The maximum absolute atomic E-state index is 11.7. The first-order chi connectivity index (χ1) is 7.05. The summed E-state index contributed by atoms with van der Waals surface area (Å²) in [6.45, 7) is 3.67. The molecule has 3 N–H and O–H groups in total. The summed E-state index contributed by atoms with van der Waals surface area (Å²) in [4.78, 5) is 13.4. The lowest BCUT2D eigenvalue weighted by Crippen LogP contribution is -2.33. The number of carbonyl (C=O) groups excluding carboxylic acids is 1. The second kappa shape index (κ2) is 5.47. The second-order valence-corrected chi connectivity index (χ2v) is 4.66. The number of rotatable bonds is 5. The lowest BCUT2D eigenvalue weighted by Gasteiger charge is -2.18. The van der Waals surface area contributed by atoms with Crippen molar-refractivity contribution < 1.29 is 9.90 Å². The number of likely N-dealkylation sites (tertiary alicyclic amines) is 1. The van der Waals surface area contributed by atoms with E-state index in [0.29, 0.717) is 32.5 Å². The van der Waals surface area contributed by atoms with E-state index in [1.54, 1.807) is 11.8 Å². The maximum Gasteiger partial charge on any atom is 0.222 e. The van der Waals surface area contributed by atoms with Crippen LogP contribution in [0.1, 0.15) is 39.0 Å². The average Bonchev–Trinajstić information content (AvgIpc) is 2.53. The third-order valence-corrected chi connectivity index (χ3v) is 2.90. The number of nitrogens with zero attached hydrogens (tertiary/aromatic N) is 1. The Labute approximate surface area is 91.4 Å². The number of β-amino-alcohol motifs (C(OH)–C–C–N with tert-alkyl or cyclic N) is 1. The van der Waals surface area contributed by atoms with E-state index in [9.17, 15) is 9.90 Å². The molecule has 0 bridgehead atoms. The molecular weight excluding hydrogens is 192 g/mol. The van der Waals surface area contributed by atoms with Crippen LogP contribution in [0.25, 0.3) is 0 Å². The van der Waals surface area contributed by atoms with Gasteiger partial charge in [-0.15, -0.1) is 0 Å². The summed E-state index contributed by atoms with van der Waals surface area (Å²) in [6, 6.07) is 0. The fourth-order valence-electron chi connectivity index (χ4n) is 1.91. The lowest BCUT2D eigenvalue weighted by molar-refractivity contribution is -0.131. The second-order valence-electron chi connectivity index (χ2n) is 4.66. The summed E-state index contributed by atoms with van der Waals surface area (Å²) in [5.74, 6) is 0.171. The zero-order chi connectivity index (χ0) is 11.3. The fraction of sp³-hybridized carbons (Fsp3) is 0.909. The van der Waals surface area contributed by atoms with E-state index < -0.39 is 5.60 Å². The number of hydrogen-bond acceptors (Lipinski definition) is 3. The minimum absolute atomic E-state index is 0.171. The van der Waals surface area contributed by atoms with E-state index in [-0.39, 0.29) is 5.91 Å². The Morgan fingerprint density at radius 3 is 2.73 bits per heavy atom. The Bertz CT molecular complexity index is 217. The van der Waals surface area contributed by atoms with E-state index in [1.165, 1.54) is 0 Å². The highest BCUT2D eigenvalue weighted by Crippen LogP contribution is 2.21. The minimum atomic E-state index is -0.674. The first-order valence-electron chi connectivity index (χ1n) is 5.75. The molecule has 1 rings (SSSR count). The molecule has 0 aromatic carbocycles. The van der Waals surface area contributed by atoms with Gasteiger partial charge in [0.2, 0.25) is 5.91 Å². The van der Waals surface area contributed by atoms with Crippen molar-refractivity contribution in [3.8, 4) is 0 Å². The SMILES string of the molecule is CC1(O)CCN(C(=O)CCCCCN)C1. The minimum Gasteiger partial charge on any atom is -0.388 e. The zero-order valence-corrected chi connectivity index (χ0v) is 9.54. The third-order valence-electron chi connectivity index (χ3n) is 2.90. The van der Waals surface area contributed by atoms with Gasteiger partial charge in [0.15, 0.2) is 0 Å². The largest absolute Gasteiger partial charge is 0.388 e. The smallest absolute Gasteiger partial charge is 0.222 e. The van der Waals surface area contributed by atoms with Gasteiger partial charge in [-0.25, -0.2) is 0 Å². The molecule has 88 valence electrons. The van der Waals surface area contributed by atoms with E-state index in [2.05, 4.69) is 0 Å². The van der Waals surface area contributed by atoms with E-state index >= 15 is 0 Å². The van der Waals surface area contributed by atoms with Crippen molar-refractivity contribution >= 4 is 5.91 Å². The summed E-state index contributed by atoms with van der Waals surface area (Å²) in [7, 11) is 0. The molecule has 1 fully saturated rings. The molecule has 1 heterocycles. The maximum atomic E-state index is 11.7. The number of hydrogen-bond donors (Lipinski definition) is 2. The molecule has 1 amide bonds. The quantitative estimate of drug-likeness (QED) is 0.654. The summed E-state index contributed by atoms with van der Waals surface area (Å²) in [5.41, 5.74) is 4.70. The molecule has 4 nitrogen and oxygen atoms in total. The number of carbonyl (C=O) groups is 1. The van der Waals surface area contributed by atoms with Crippen molar-refractivity contribution in [1.82, 2.24) is 4.90 Å². The van der Waals surface area contributed by atoms with Crippen molar-refractivity contribution in [3.63, 3.8) is 0 Å². The molecule has 0 spiro atoms. The molecule has 4 heteroatoms. The highest BCUT2D eigenvalue weighted by atomic mass is 16.3. The Morgan fingerprint density at radius 1 is 1.47 bits per heavy atom. The molecule has 1 aliphatic rings. The molecule has 0 radical (unpaired) electrons. The van der Waals surface area contributed by atoms with Gasteiger partial charge >= 0.3 is 0 Å². The topological polar surface area (TPSA) is 66.6 Å². The Hall–Kier alpha value is -0.610. The van der Waals surface area contributed by atoms with Gasteiger partial charge in [-0.1, -0.05) is 6.42 Å². The van der Waals surface area contributed by atoms with Crippen LogP contribution in [0.3, 0.4) is 0 Å². The summed E-state index contributed by atoms with van der Waals surface area (Å²) < 4.78 is 0. The molecular formula is C11H22N2O2. The van der Waals surface area contributed by atoms with Crippen LogP contribution < -0.4 is 5.73 Å². The van der Waals surface area contributed by atoms with E-state index in [1.807, 2.05) is 0 Å². The molecule has 0 saturated carbocycles. The molecule has 0 aromatic rings. The summed E-state index contributed by atoms with van der Waals surface area (Å²) in [5, 5.41) is 9.71. The van der Waals surface area contributed by atoms with Crippen molar-refractivity contribution in [3.05, 3.63) is 0 Å². The van der Waals surface area contributed by atoms with Gasteiger partial charge in [0.05, 0.1) is 5.60 Å². The molecule has 1 atom stereocenters. The summed E-state index contributed by atoms with van der Waals surface area (Å²) >= 11 is 0. The molecule has 1 aliphatic heterocycles. The Balaban J connectivity index is 2.18. The normalized spacial score (nSPS) is 25.9. The van der Waals surface area contributed by atoms with Crippen LogP contribution >= 0.6 is 0 Å². The molecule has 1 unspecified atom stereocenters. The van der Waals surface area contributed by atoms with Gasteiger partial charge in [-0.05, 0) is 32.7 Å². The van der Waals surface area contributed by atoms with Gasteiger partial charge in [0.1, 0.15) is 0 Å². The predicted molar refractivity (Wildman–Crippen MR) is 59.3 cm³/mol. The van der Waals surface area contributed by atoms with Crippen LogP contribution in [0, 0.1) is 0 Å². The van der Waals surface area contributed by atoms with Gasteiger partial charge < -0.3 is 15.7 Å². The number of nitrogens with two attached hydrogens (primary N) is 1. The number of unbranched alkanes of at least 4 members (excludes halogenated alkanes) is 2. The Morgan fingerprint density at radius 2 is 2.20 bits per heavy atom. The predicted octanol–water partition coefficient (Wildman–Crippen LogP) is 0.489. The average molecular weight is 214 g/mol.